The van der Waals surface area contributed by atoms with Gasteiger partial charge in [-0.15, -0.1) is 0 Å². The summed E-state index contributed by atoms with van der Waals surface area (Å²) in [4.78, 5) is 0. The lowest BCUT2D eigenvalue weighted by atomic mass is 10.0. The lowest BCUT2D eigenvalue weighted by Gasteiger charge is -2.10. The van der Waals surface area contributed by atoms with Crippen molar-refractivity contribution in [3.05, 3.63) is 54.1 Å². The van der Waals surface area contributed by atoms with Gasteiger partial charge in [-0.25, -0.2) is 4.39 Å². The van der Waals surface area contributed by atoms with Crippen LogP contribution >= 0.6 is 0 Å². The van der Waals surface area contributed by atoms with E-state index in [4.69, 9.17) is 4.74 Å². The molecule has 3 heteroatoms. The predicted molar refractivity (Wildman–Crippen MR) is 89.5 cm³/mol. The third-order valence-electron chi connectivity index (χ3n) is 3.83. The Kier molecular flexibility index (Phi) is 7.05. The van der Waals surface area contributed by atoms with Crippen LogP contribution in [0.25, 0.3) is 11.1 Å². The molecule has 0 spiro atoms. The van der Waals surface area contributed by atoms with E-state index in [-0.39, 0.29) is 11.3 Å². The van der Waals surface area contributed by atoms with Crippen LogP contribution in [0, 0.1) is 17.7 Å². The van der Waals surface area contributed by atoms with Gasteiger partial charge in [0.1, 0.15) is 0 Å². The smallest absolute Gasteiger partial charge is 0.201 e. The minimum atomic E-state index is -0.915. The molecule has 1 radical (unpaired) electrons. The van der Waals surface area contributed by atoms with Gasteiger partial charge < -0.3 is 4.74 Å². The summed E-state index contributed by atoms with van der Waals surface area (Å²) < 4.78 is 33.7. The predicted octanol–water partition coefficient (Wildman–Crippen LogP) is 6.17. The minimum absolute atomic E-state index is 0.0118. The first-order valence-corrected chi connectivity index (χ1v) is 8.31. The normalized spacial score (nSPS) is 10.7. The van der Waals surface area contributed by atoms with Gasteiger partial charge in [-0.05, 0) is 30.2 Å². The van der Waals surface area contributed by atoms with Crippen molar-refractivity contribution in [3.8, 4) is 16.9 Å². The maximum absolute atomic E-state index is 14.2. The summed E-state index contributed by atoms with van der Waals surface area (Å²) in [6.07, 6.45) is 6.77. The highest BCUT2D eigenvalue weighted by atomic mass is 19.2. The summed E-state index contributed by atoms with van der Waals surface area (Å²) in [7, 11) is 0. The van der Waals surface area contributed by atoms with E-state index in [9.17, 15) is 8.78 Å². The summed E-state index contributed by atoms with van der Waals surface area (Å²) in [6.45, 7) is 2.60. The van der Waals surface area contributed by atoms with Gasteiger partial charge in [-0.2, -0.15) is 4.39 Å². The van der Waals surface area contributed by atoms with Crippen molar-refractivity contribution < 1.29 is 13.5 Å². The quantitative estimate of drug-likeness (QED) is 0.502. The zero-order valence-corrected chi connectivity index (χ0v) is 13.6. The Hall–Kier alpha value is -1.90. The van der Waals surface area contributed by atoms with Crippen molar-refractivity contribution in [1.82, 2.24) is 0 Å². The third-order valence-corrected chi connectivity index (χ3v) is 3.83. The van der Waals surface area contributed by atoms with Gasteiger partial charge in [0.25, 0.3) is 0 Å². The molecule has 0 N–H and O–H groups in total. The number of hydrogen-bond acceptors (Lipinski definition) is 1. The number of halogens is 2. The van der Waals surface area contributed by atoms with Crippen LogP contribution in [0.4, 0.5) is 8.78 Å². The molecule has 123 valence electrons. The van der Waals surface area contributed by atoms with Crippen LogP contribution in [-0.2, 0) is 0 Å². The fourth-order valence-electron chi connectivity index (χ4n) is 2.50. The number of hydrogen-bond donors (Lipinski definition) is 0. The van der Waals surface area contributed by atoms with E-state index in [1.807, 2.05) is 0 Å². The number of ether oxygens (including phenoxy) is 1. The van der Waals surface area contributed by atoms with Gasteiger partial charge in [0, 0.05) is 5.56 Å². The second-order valence-corrected chi connectivity index (χ2v) is 5.64. The molecule has 2 rings (SSSR count). The van der Waals surface area contributed by atoms with Crippen molar-refractivity contribution in [2.24, 2.45) is 0 Å². The van der Waals surface area contributed by atoms with Gasteiger partial charge >= 0.3 is 0 Å². The molecule has 23 heavy (non-hydrogen) atoms. The molecule has 0 heterocycles. The van der Waals surface area contributed by atoms with Crippen LogP contribution in [0.1, 0.15) is 45.4 Å². The monoisotopic (exact) mass is 317 g/mol. The fraction of sp³-hybridized carbons (Fsp3) is 0.400. The summed E-state index contributed by atoms with van der Waals surface area (Å²) in [5.74, 6) is -1.79. The molecule has 0 aliphatic heterocycles. The summed E-state index contributed by atoms with van der Waals surface area (Å²) in [5.41, 5.74) is 0.867. The topological polar surface area (TPSA) is 9.23 Å². The third kappa shape index (κ3) is 5.05. The van der Waals surface area contributed by atoms with Crippen molar-refractivity contribution >= 4 is 0 Å². The maximum Gasteiger partial charge on any atom is 0.201 e. The second-order valence-electron chi connectivity index (χ2n) is 5.64. The first-order valence-electron chi connectivity index (χ1n) is 8.31. The van der Waals surface area contributed by atoms with Crippen molar-refractivity contribution in [3.63, 3.8) is 0 Å². The van der Waals surface area contributed by atoms with E-state index in [1.165, 1.54) is 25.3 Å². The number of benzene rings is 2. The average molecular weight is 317 g/mol. The van der Waals surface area contributed by atoms with E-state index in [0.29, 0.717) is 12.2 Å². The summed E-state index contributed by atoms with van der Waals surface area (Å²) >= 11 is 0. The molecule has 0 saturated heterocycles. The van der Waals surface area contributed by atoms with Crippen LogP contribution in [0.2, 0.25) is 0 Å². The van der Waals surface area contributed by atoms with Crippen LogP contribution in [0.3, 0.4) is 0 Å². The van der Waals surface area contributed by atoms with E-state index < -0.39 is 11.6 Å². The largest absolute Gasteiger partial charge is 0.490 e. The lowest BCUT2D eigenvalue weighted by Crippen LogP contribution is -2.01. The zero-order chi connectivity index (χ0) is 16.5. The molecular formula is C20H23F2O. The molecule has 0 saturated carbocycles. The standard InChI is InChI=1S/C20H23F2O/c1-2-3-4-5-6-10-15-23-18-14-13-17(19(21)20(18)22)16-11-8-7-9-12-16/h8-9,11-14H,2-6,10,15H2,1H3. The molecule has 0 unspecified atom stereocenters. The van der Waals surface area contributed by atoms with E-state index in [2.05, 4.69) is 13.0 Å². The number of rotatable bonds is 9. The first-order chi connectivity index (χ1) is 11.2. The Labute approximate surface area is 137 Å². The Bertz CT molecular complexity index is 596. The highest BCUT2D eigenvalue weighted by Gasteiger charge is 2.15. The summed E-state index contributed by atoms with van der Waals surface area (Å²) in [6, 6.07) is 12.7. The SMILES string of the molecule is CCCCCCCCOc1ccc(-c2cc[c]cc2)c(F)c1F. The minimum Gasteiger partial charge on any atom is -0.490 e. The molecule has 2 aromatic rings. The molecule has 0 amide bonds. The van der Waals surface area contributed by atoms with Crippen LogP contribution in [0.15, 0.2) is 36.4 Å². The summed E-state index contributed by atoms with van der Waals surface area (Å²) in [5, 5.41) is 0. The first kappa shape index (κ1) is 17.5. The fourth-order valence-corrected chi connectivity index (χ4v) is 2.50. The Morgan fingerprint density at radius 1 is 0.870 bits per heavy atom. The molecule has 2 aromatic carbocycles. The molecule has 1 nitrogen and oxygen atoms in total. The highest BCUT2D eigenvalue weighted by Crippen LogP contribution is 2.29. The average Bonchev–Trinajstić information content (AvgIpc) is 2.58. The Morgan fingerprint density at radius 2 is 1.57 bits per heavy atom. The molecule has 0 aliphatic carbocycles. The second kappa shape index (κ2) is 9.29. The van der Waals surface area contributed by atoms with Gasteiger partial charge in [0.05, 0.1) is 6.61 Å². The molecule has 0 aliphatic rings. The van der Waals surface area contributed by atoms with Crippen molar-refractivity contribution in [1.29, 1.82) is 0 Å². The molecular weight excluding hydrogens is 294 g/mol. The van der Waals surface area contributed by atoms with Crippen LogP contribution in [0.5, 0.6) is 5.75 Å². The lowest BCUT2D eigenvalue weighted by molar-refractivity contribution is 0.285. The van der Waals surface area contributed by atoms with Gasteiger partial charge in [0.2, 0.25) is 5.82 Å². The van der Waals surface area contributed by atoms with E-state index in [1.54, 1.807) is 30.3 Å². The van der Waals surface area contributed by atoms with E-state index >= 15 is 0 Å². The van der Waals surface area contributed by atoms with Crippen LogP contribution < -0.4 is 4.74 Å². The van der Waals surface area contributed by atoms with Crippen molar-refractivity contribution in [2.45, 2.75) is 45.4 Å². The molecule has 0 aromatic heterocycles. The van der Waals surface area contributed by atoms with Gasteiger partial charge in [0.15, 0.2) is 11.6 Å². The Balaban J connectivity index is 1.90. The Morgan fingerprint density at radius 3 is 2.30 bits per heavy atom. The molecule has 0 atom stereocenters. The van der Waals surface area contributed by atoms with E-state index in [0.717, 1.165) is 19.3 Å². The van der Waals surface area contributed by atoms with Crippen molar-refractivity contribution in [2.75, 3.05) is 6.61 Å². The van der Waals surface area contributed by atoms with Gasteiger partial charge in [-0.1, -0.05) is 63.3 Å². The number of unbranched alkanes of at least 4 members (excludes halogenated alkanes) is 5. The maximum atomic E-state index is 14.2. The van der Waals surface area contributed by atoms with Crippen LogP contribution in [-0.4, -0.2) is 6.61 Å². The zero-order valence-electron chi connectivity index (χ0n) is 13.6. The highest BCUT2D eigenvalue weighted by molar-refractivity contribution is 5.65. The molecule has 0 fully saturated rings. The van der Waals surface area contributed by atoms with Gasteiger partial charge in [-0.3, -0.25) is 0 Å². The molecule has 0 bridgehead atoms.